The van der Waals surface area contributed by atoms with E-state index in [-0.39, 0.29) is 63.4 Å². The predicted molar refractivity (Wildman–Crippen MR) is 256 cm³/mol. The molecule has 2 N–H and O–H groups in total. The Balaban J connectivity index is 0.000000391. The van der Waals surface area contributed by atoms with Crippen molar-refractivity contribution in [3.05, 3.63) is 245 Å². The van der Waals surface area contributed by atoms with Crippen molar-refractivity contribution in [1.82, 2.24) is 10.4 Å². The molecule has 0 bridgehead atoms. The third-order valence-electron chi connectivity index (χ3n) is 11.5. The van der Waals surface area contributed by atoms with Gasteiger partial charge in [-0.05, 0) is 114 Å². The number of aliphatic hydroxyl groups is 1. The summed E-state index contributed by atoms with van der Waals surface area (Å²) < 4.78 is 6.86. The average Bonchev–Trinajstić information content (AvgIpc) is 3.62. The van der Waals surface area contributed by atoms with Gasteiger partial charge in [0, 0.05) is 5.92 Å². The topological polar surface area (TPSA) is 68.5 Å². The van der Waals surface area contributed by atoms with Gasteiger partial charge in [0.05, 0.1) is 5.41 Å². The molecular formula is C56H60KN3O2. The van der Waals surface area contributed by atoms with Gasteiger partial charge in [-0.2, -0.15) is 0 Å². The Morgan fingerprint density at radius 1 is 0.790 bits per heavy atom. The summed E-state index contributed by atoms with van der Waals surface area (Å²) in [7, 11) is 1.74. The molecule has 3 atom stereocenters. The van der Waals surface area contributed by atoms with Crippen molar-refractivity contribution in [1.29, 1.82) is 0 Å². The van der Waals surface area contributed by atoms with Crippen molar-refractivity contribution in [3.63, 3.8) is 0 Å². The predicted octanol–water partition coefficient (Wildman–Crippen LogP) is 11.1. The first-order chi connectivity index (χ1) is 30.1. The summed E-state index contributed by atoms with van der Waals surface area (Å²) in [4.78, 5) is 3.94. The summed E-state index contributed by atoms with van der Waals surface area (Å²) in [5, 5.41) is 10.5. The van der Waals surface area contributed by atoms with Gasteiger partial charge < -0.3 is 25.7 Å². The van der Waals surface area contributed by atoms with Crippen molar-refractivity contribution in [2.24, 2.45) is 11.8 Å². The van der Waals surface area contributed by atoms with E-state index in [0.717, 1.165) is 31.9 Å². The summed E-state index contributed by atoms with van der Waals surface area (Å²) in [6.07, 6.45) is 26.0. The van der Waals surface area contributed by atoms with Crippen LogP contribution in [0.1, 0.15) is 80.3 Å². The van der Waals surface area contributed by atoms with Gasteiger partial charge in [-0.1, -0.05) is 196 Å². The summed E-state index contributed by atoms with van der Waals surface area (Å²) >= 11 is 0. The third-order valence-corrected chi connectivity index (χ3v) is 11.5. The van der Waals surface area contributed by atoms with Crippen LogP contribution in [0, 0.1) is 11.8 Å². The minimum absolute atomic E-state index is 0. The quantitative estimate of drug-likeness (QED) is 0.0741. The number of rotatable bonds is 7. The van der Waals surface area contributed by atoms with Crippen LogP contribution >= 0.6 is 0 Å². The summed E-state index contributed by atoms with van der Waals surface area (Å²) in [5.74, 6) is 1.77. The molecule has 0 spiro atoms. The second-order valence-electron chi connectivity index (χ2n) is 15.0. The van der Waals surface area contributed by atoms with E-state index < -0.39 is 5.41 Å². The molecule has 0 fully saturated rings. The fourth-order valence-electron chi connectivity index (χ4n) is 8.93. The summed E-state index contributed by atoms with van der Waals surface area (Å²) in [6, 6.07) is 45.2. The minimum atomic E-state index is -0.506. The van der Waals surface area contributed by atoms with Gasteiger partial charge >= 0.3 is 51.4 Å². The number of aromatic nitrogens is 1. The zero-order valence-electron chi connectivity index (χ0n) is 37.3. The van der Waals surface area contributed by atoms with Gasteiger partial charge in [0.25, 0.3) is 0 Å². The number of allylic oxidation sites excluding steroid dienone is 10. The first-order valence-electron chi connectivity index (χ1n) is 21.8. The van der Waals surface area contributed by atoms with Crippen LogP contribution in [-0.2, 0) is 16.6 Å². The summed E-state index contributed by atoms with van der Waals surface area (Å²) in [6.45, 7) is 8.00. The van der Waals surface area contributed by atoms with E-state index in [1.165, 1.54) is 50.1 Å². The normalized spacial score (nSPS) is 20.0. The van der Waals surface area contributed by atoms with Gasteiger partial charge in [-0.3, -0.25) is 0 Å². The number of nitrogens with zero attached hydrogens (tertiary/aromatic N) is 2. The van der Waals surface area contributed by atoms with Gasteiger partial charge in [-0.25, -0.2) is 0 Å². The zero-order valence-corrected chi connectivity index (χ0v) is 40.4. The fraction of sp³-hybridized carbons (Fsp3) is 0.232. The number of hydrogen-bond acceptors (Lipinski definition) is 4. The molecule has 0 amide bonds. The Labute approximate surface area is 413 Å². The molecule has 9 rings (SSSR count). The van der Waals surface area contributed by atoms with Gasteiger partial charge in [-0.15, -0.1) is 0 Å². The molecular weight excluding hydrogens is 786 g/mol. The van der Waals surface area contributed by atoms with Crippen LogP contribution in [0.4, 0.5) is 5.82 Å². The number of ether oxygens (including phenoxy) is 1. The van der Waals surface area contributed by atoms with E-state index in [9.17, 15) is 5.11 Å². The first kappa shape index (κ1) is 48.2. The van der Waals surface area contributed by atoms with Crippen molar-refractivity contribution in [2.75, 3.05) is 7.05 Å². The van der Waals surface area contributed by atoms with Crippen LogP contribution in [0.25, 0.3) is 16.6 Å². The van der Waals surface area contributed by atoms with Crippen LogP contribution in [0.15, 0.2) is 206 Å². The number of hydrogen-bond donors (Lipinski definition) is 2. The number of nitrogens with one attached hydrogen (secondary N) is 1. The number of benzene rings is 4. The largest absolute Gasteiger partial charge is 1.00 e. The third kappa shape index (κ3) is 10.9. The molecule has 5 nitrogen and oxygen atoms in total. The molecule has 4 aromatic carbocycles. The molecule has 0 saturated carbocycles. The van der Waals surface area contributed by atoms with Crippen LogP contribution in [0.2, 0.25) is 0 Å². The number of pyridine rings is 1. The molecule has 4 aliphatic rings. The van der Waals surface area contributed by atoms with Gasteiger partial charge in [0.2, 0.25) is 0 Å². The van der Waals surface area contributed by atoms with Crippen LogP contribution in [-0.4, -0.2) is 23.2 Å². The SMILES string of the molecule is C/C=C\C.CC.CN[N-]c1ccccn1.O/C=C1/C=C\C2=C(c3ccccc3C2(c2ccccc2)c2ccccc2)C2CCC=C(c3ccccc3CC3C=CC=CC3)C2O1.[K+]. The van der Waals surface area contributed by atoms with Gasteiger partial charge in [0.15, 0.2) is 5.76 Å². The first-order valence-corrected chi connectivity index (χ1v) is 21.8. The maximum absolute atomic E-state index is 10.5. The minimum Gasteiger partial charge on any atom is -0.512 e. The van der Waals surface area contributed by atoms with E-state index in [1.54, 1.807) is 13.2 Å². The Kier molecular flexibility index (Phi) is 19.3. The molecule has 1 aliphatic heterocycles. The van der Waals surface area contributed by atoms with Crippen LogP contribution < -0.4 is 56.8 Å². The Hall–Kier alpha value is -4.79. The van der Waals surface area contributed by atoms with Crippen molar-refractivity contribution < 1.29 is 61.2 Å². The average molecular weight is 846 g/mol. The maximum Gasteiger partial charge on any atom is 1.00 e. The number of fused-ring (bicyclic) bond motifs is 4. The van der Waals surface area contributed by atoms with Crippen molar-refractivity contribution in [3.8, 4) is 0 Å². The number of aliphatic hydroxyl groups excluding tert-OH is 1. The second kappa shape index (κ2) is 24.7. The fourth-order valence-corrected chi connectivity index (χ4v) is 8.93. The smallest absolute Gasteiger partial charge is 0.512 e. The Morgan fingerprint density at radius 2 is 1.44 bits per heavy atom. The Morgan fingerprint density at radius 3 is 2.05 bits per heavy atom. The summed E-state index contributed by atoms with van der Waals surface area (Å²) in [5.41, 5.74) is 17.5. The molecule has 5 aromatic rings. The molecule has 2 heterocycles. The van der Waals surface area contributed by atoms with E-state index >= 15 is 0 Å². The molecule has 3 unspecified atom stereocenters. The molecule has 3 aliphatic carbocycles. The van der Waals surface area contributed by atoms with Crippen LogP contribution in [0.3, 0.4) is 0 Å². The van der Waals surface area contributed by atoms with E-state index in [0.29, 0.717) is 17.5 Å². The molecule has 1 aromatic heterocycles. The van der Waals surface area contributed by atoms with Crippen molar-refractivity contribution >= 4 is 17.0 Å². The maximum atomic E-state index is 10.5. The molecule has 0 radical (unpaired) electrons. The van der Waals surface area contributed by atoms with Gasteiger partial charge in [0.1, 0.15) is 12.4 Å². The molecule has 6 heteroatoms. The molecule has 62 heavy (non-hydrogen) atoms. The molecule has 0 saturated heterocycles. The molecule has 312 valence electrons. The second-order valence-corrected chi connectivity index (χ2v) is 15.0. The van der Waals surface area contributed by atoms with Crippen molar-refractivity contribution in [2.45, 2.75) is 64.9 Å². The van der Waals surface area contributed by atoms with E-state index in [4.69, 9.17) is 4.74 Å². The standard InChI is InChI=1S/C44H38O2.C6H8N3.C4H8.C2H6.K/c45-30-35-27-28-41-42(38-23-12-13-26-40(38)44(41,33-18-6-2-7-19-33)34-20-8-3-9-21-34)39-25-14-24-37(43(39)46-35)36-22-11-10-17-32(36)29-31-15-4-1-5-16-31;1-7-9-6-4-2-3-5-8-6;1-3-4-2;1-2;/h1-13,15,17-24,26-28,30-31,39,43,45H,14,16,25,29H2;2-5,7H,1H3;3-4H,1-2H3;1-2H3;/q;-1;;;+1/b28-27-,35-30-;;4-3-;;. The monoisotopic (exact) mass is 845 g/mol. The van der Waals surface area contributed by atoms with Crippen LogP contribution in [0.5, 0.6) is 0 Å². The Bertz CT molecular complexity index is 2330. The van der Waals surface area contributed by atoms with E-state index in [1.807, 2.05) is 64.1 Å². The zero-order chi connectivity index (χ0) is 42.9. The van der Waals surface area contributed by atoms with E-state index in [2.05, 4.69) is 161 Å².